The molecule has 0 radical (unpaired) electrons. The summed E-state index contributed by atoms with van der Waals surface area (Å²) in [5.41, 5.74) is 2.34. The number of hydrogen-bond acceptors (Lipinski definition) is 3. The zero-order valence-corrected chi connectivity index (χ0v) is 11.2. The lowest BCUT2D eigenvalue weighted by Gasteiger charge is -2.21. The molecule has 0 fully saturated rings. The van der Waals surface area contributed by atoms with Crippen molar-refractivity contribution in [3.8, 4) is 11.4 Å². The standard InChI is InChI=1S/C14H20N4/c1-17(2)10-11-18(3)13-6-4-12(5-7-13)14-15-8-9-16-14/h4-9H,10-11H2,1-3H3,(H,15,16). The van der Waals surface area contributed by atoms with E-state index in [9.17, 15) is 0 Å². The average molecular weight is 244 g/mol. The Morgan fingerprint density at radius 1 is 1.06 bits per heavy atom. The van der Waals surface area contributed by atoms with Gasteiger partial charge in [-0.25, -0.2) is 4.98 Å². The Kier molecular flexibility index (Phi) is 3.99. The summed E-state index contributed by atoms with van der Waals surface area (Å²) in [5, 5.41) is 0. The number of nitrogens with zero attached hydrogens (tertiary/aromatic N) is 3. The Morgan fingerprint density at radius 2 is 1.78 bits per heavy atom. The largest absolute Gasteiger partial charge is 0.373 e. The quantitative estimate of drug-likeness (QED) is 0.874. The predicted molar refractivity (Wildman–Crippen MR) is 75.8 cm³/mol. The highest BCUT2D eigenvalue weighted by molar-refractivity contribution is 5.60. The van der Waals surface area contributed by atoms with Gasteiger partial charge in [0.1, 0.15) is 5.82 Å². The first-order valence-electron chi connectivity index (χ1n) is 6.12. The van der Waals surface area contributed by atoms with Crippen molar-refractivity contribution < 1.29 is 0 Å². The number of imidazole rings is 1. The molecule has 4 nitrogen and oxygen atoms in total. The van der Waals surface area contributed by atoms with Crippen molar-refractivity contribution in [3.05, 3.63) is 36.7 Å². The van der Waals surface area contributed by atoms with Crippen LogP contribution in [0.3, 0.4) is 0 Å². The van der Waals surface area contributed by atoms with E-state index in [0.29, 0.717) is 0 Å². The number of benzene rings is 1. The highest BCUT2D eigenvalue weighted by Gasteiger charge is 2.03. The van der Waals surface area contributed by atoms with Crippen molar-refractivity contribution in [2.24, 2.45) is 0 Å². The Morgan fingerprint density at radius 3 is 2.33 bits per heavy atom. The van der Waals surface area contributed by atoms with Crippen molar-refractivity contribution in [3.63, 3.8) is 0 Å². The Balaban J connectivity index is 2.03. The highest BCUT2D eigenvalue weighted by atomic mass is 15.1. The van der Waals surface area contributed by atoms with Crippen LogP contribution in [0.1, 0.15) is 0 Å². The van der Waals surface area contributed by atoms with Crippen LogP contribution < -0.4 is 4.90 Å². The minimum atomic E-state index is 0.914. The number of likely N-dealkylation sites (N-methyl/N-ethyl adjacent to an activating group) is 2. The van der Waals surface area contributed by atoms with Crippen LogP contribution in [0.2, 0.25) is 0 Å². The fourth-order valence-corrected chi connectivity index (χ4v) is 1.78. The van der Waals surface area contributed by atoms with Gasteiger partial charge in [-0.15, -0.1) is 0 Å². The summed E-state index contributed by atoms with van der Waals surface area (Å²) in [4.78, 5) is 11.8. The van der Waals surface area contributed by atoms with Crippen LogP contribution in [0.5, 0.6) is 0 Å². The van der Waals surface area contributed by atoms with E-state index in [0.717, 1.165) is 24.5 Å². The summed E-state index contributed by atoms with van der Waals surface area (Å²) in [7, 11) is 6.30. The van der Waals surface area contributed by atoms with E-state index >= 15 is 0 Å². The number of nitrogens with one attached hydrogen (secondary N) is 1. The van der Waals surface area contributed by atoms with Crippen LogP contribution in [-0.2, 0) is 0 Å². The van der Waals surface area contributed by atoms with Gasteiger partial charge in [-0.2, -0.15) is 0 Å². The molecule has 0 aliphatic heterocycles. The van der Waals surface area contributed by atoms with Crippen LogP contribution in [0, 0.1) is 0 Å². The summed E-state index contributed by atoms with van der Waals surface area (Å²) < 4.78 is 0. The SMILES string of the molecule is CN(C)CCN(C)c1ccc(-c2ncc[nH]2)cc1. The van der Waals surface area contributed by atoms with E-state index in [1.165, 1.54) is 5.69 Å². The molecule has 0 saturated carbocycles. The third-order valence-electron chi connectivity index (χ3n) is 2.96. The number of aromatic amines is 1. The molecule has 2 aromatic rings. The zero-order valence-electron chi connectivity index (χ0n) is 11.2. The molecule has 18 heavy (non-hydrogen) atoms. The maximum atomic E-state index is 4.24. The number of anilines is 1. The van der Waals surface area contributed by atoms with Gasteiger partial charge >= 0.3 is 0 Å². The van der Waals surface area contributed by atoms with E-state index in [4.69, 9.17) is 0 Å². The van der Waals surface area contributed by atoms with Gasteiger partial charge in [-0.05, 0) is 38.4 Å². The van der Waals surface area contributed by atoms with Crippen molar-refractivity contribution in [1.29, 1.82) is 0 Å². The number of H-pyrrole nitrogens is 1. The topological polar surface area (TPSA) is 35.2 Å². The van der Waals surface area contributed by atoms with Gasteiger partial charge < -0.3 is 14.8 Å². The average Bonchev–Trinajstić information content (AvgIpc) is 2.90. The maximum absolute atomic E-state index is 4.24. The molecule has 0 atom stereocenters. The summed E-state index contributed by atoms with van der Waals surface area (Å²) in [6, 6.07) is 8.46. The molecule has 0 bridgehead atoms. The fourth-order valence-electron chi connectivity index (χ4n) is 1.78. The summed E-state index contributed by atoms with van der Waals surface area (Å²) >= 11 is 0. The lowest BCUT2D eigenvalue weighted by Crippen LogP contribution is -2.28. The second kappa shape index (κ2) is 5.69. The van der Waals surface area contributed by atoms with Crippen molar-refractivity contribution >= 4 is 5.69 Å². The van der Waals surface area contributed by atoms with Crippen LogP contribution in [0.4, 0.5) is 5.69 Å². The first-order chi connectivity index (χ1) is 8.66. The summed E-state index contributed by atoms with van der Waals surface area (Å²) in [6.45, 7) is 2.07. The van der Waals surface area contributed by atoms with E-state index in [2.05, 4.69) is 65.2 Å². The molecule has 0 unspecified atom stereocenters. The molecule has 1 aromatic heterocycles. The lowest BCUT2D eigenvalue weighted by atomic mass is 10.2. The molecule has 4 heteroatoms. The predicted octanol–water partition coefficient (Wildman–Crippen LogP) is 2.07. The van der Waals surface area contributed by atoms with Crippen molar-refractivity contribution in [1.82, 2.24) is 14.9 Å². The zero-order chi connectivity index (χ0) is 13.0. The number of aromatic nitrogens is 2. The molecule has 0 spiro atoms. The highest BCUT2D eigenvalue weighted by Crippen LogP contribution is 2.19. The van der Waals surface area contributed by atoms with Gasteiger partial charge in [0, 0.05) is 43.8 Å². The van der Waals surface area contributed by atoms with Gasteiger partial charge in [0.15, 0.2) is 0 Å². The fraction of sp³-hybridized carbons (Fsp3) is 0.357. The summed E-state index contributed by atoms with van der Waals surface area (Å²) in [6.07, 6.45) is 3.61. The number of hydrogen-bond donors (Lipinski definition) is 1. The molecular weight excluding hydrogens is 224 g/mol. The second-order valence-corrected chi connectivity index (χ2v) is 4.71. The first kappa shape index (κ1) is 12.6. The van der Waals surface area contributed by atoms with Gasteiger partial charge in [-0.1, -0.05) is 0 Å². The molecule has 1 aromatic carbocycles. The molecule has 0 aliphatic rings. The second-order valence-electron chi connectivity index (χ2n) is 4.71. The van der Waals surface area contributed by atoms with E-state index in [1.807, 2.05) is 6.20 Å². The molecule has 96 valence electrons. The molecule has 1 heterocycles. The van der Waals surface area contributed by atoms with E-state index in [1.54, 1.807) is 6.20 Å². The van der Waals surface area contributed by atoms with Crippen molar-refractivity contribution in [2.75, 3.05) is 39.1 Å². The monoisotopic (exact) mass is 244 g/mol. The molecule has 0 saturated heterocycles. The third kappa shape index (κ3) is 3.11. The molecule has 2 rings (SSSR count). The van der Waals surface area contributed by atoms with E-state index in [-0.39, 0.29) is 0 Å². The molecular formula is C14H20N4. The van der Waals surface area contributed by atoms with Gasteiger partial charge in [0.2, 0.25) is 0 Å². The maximum Gasteiger partial charge on any atom is 0.137 e. The first-order valence-corrected chi connectivity index (χ1v) is 6.12. The molecule has 0 aliphatic carbocycles. The van der Waals surface area contributed by atoms with Gasteiger partial charge in [-0.3, -0.25) is 0 Å². The Labute approximate surface area is 108 Å². The Hall–Kier alpha value is -1.81. The normalized spacial score (nSPS) is 10.9. The smallest absolute Gasteiger partial charge is 0.137 e. The molecule has 1 N–H and O–H groups in total. The van der Waals surface area contributed by atoms with E-state index < -0.39 is 0 Å². The lowest BCUT2D eigenvalue weighted by molar-refractivity contribution is 0.416. The van der Waals surface area contributed by atoms with Gasteiger partial charge in [0.25, 0.3) is 0 Å². The Bertz CT molecular complexity index is 459. The van der Waals surface area contributed by atoms with Crippen LogP contribution in [0.25, 0.3) is 11.4 Å². The van der Waals surface area contributed by atoms with Crippen LogP contribution >= 0.6 is 0 Å². The van der Waals surface area contributed by atoms with Gasteiger partial charge in [0.05, 0.1) is 0 Å². The van der Waals surface area contributed by atoms with Crippen LogP contribution in [-0.4, -0.2) is 49.1 Å². The third-order valence-corrected chi connectivity index (χ3v) is 2.96. The molecule has 0 amide bonds. The van der Waals surface area contributed by atoms with Crippen LogP contribution in [0.15, 0.2) is 36.7 Å². The van der Waals surface area contributed by atoms with Crippen molar-refractivity contribution in [2.45, 2.75) is 0 Å². The minimum Gasteiger partial charge on any atom is -0.373 e. The minimum absolute atomic E-state index is 0.914. The number of rotatable bonds is 5. The summed E-state index contributed by atoms with van der Waals surface area (Å²) in [5.74, 6) is 0.914.